The minimum Gasteiger partial charge on any atom is -0.469 e. The van der Waals surface area contributed by atoms with E-state index in [2.05, 4.69) is 9.72 Å². The van der Waals surface area contributed by atoms with Gasteiger partial charge in [0, 0.05) is 36.1 Å². The highest BCUT2D eigenvalue weighted by molar-refractivity contribution is 6.00. The van der Waals surface area contributed by atoms with Gasteiger partial charge in [0.25, 0.3) is 5.56 Å². The number of carbonyl (C=O) groups is 3. The van der Waals surface area contributed by atoms with Gasteiger partial charge in [-0.05, 0) is 38.5 Å². The lowest BCUT2D eigenvalue weighted by Crippen LogP contribution is -2.21. The minimum atomic E-state index is -0.850. The monoisotopic (exact) mass is 374 g/mol. The zero-order valence-corrected chi connectivity index (χ0v) is 15.5. The van der Waals surface area contributed by atoms with Crippen molar-refractivity contribution in [2.45, 2.75) is 33.2 Å². The number of methoxy groups -OCH3 is 1. The Labute approximate surface area is 156 Å². The first-order chi connectivity index (χ1) is 12.8. The molecule has 8 heteroatoms. The van der Waals surface area contributed by atoms with E-state index in [1.807, 2.05) is 11.5 Å². The van der Waals surface area contributed by atoms with Gasteiger partial charge in [-0.15, -0.1) is 0 Å². The fraction of sp³-hybridized carbons (Fsp3) is 0.368. The van der Waals surface area contributed by atoms with Crippen LogP contribution in [0.25, 0.3) is 0 Å². The van der Waals surface area contributed by atoms with Crippen LogP contribution in [0.3, 0.4) is 0 Å². The summed E-state index contributed by atoms with van der Waals surface area (Å²) in [4.78, 5) is 49.5. The Balaban J connectivity index is 2.01. The number of nitrogens with one attached hydrogen (secondary N) is 1. The normalized spacial score (nSPS) is 10.5. The average molecular weight is 374 g/mol. The second-order valence-corrected chi connectivity index (χ2v) is 6.03. The fourth-order valence-corrected chi connectivity index (χ4v) is 2.78. The number of aromatic amines is 1. The van der Waals surface area contributed by atoms with Gasteiger partial charge >= 0.3 is 11.9 Å². The van der Waals surface area contributed by atoms with Gasteiger partial charge < -0.3 is 19.0 Å². The van der Waals surface area contributed by atoms with Gasteiger partial charge in [-0.25, -0.2) is 4.79 Å². The Morgan fingerprint density at radius 3 is 2.59 bits per heavy atom. The van der Waals surface area contributed by atoms with Gasteiger partial charge in [0.1, 0.15) is 5.56 Å². The maximum Gasteiger partial charge on any atom is 0.344 e. The lowest BCUT2D eigenvalue weighted by atomic mass is 10.1. The van der Waals surface area contributed by atoms with Crippen LogP contribution in [-0.4, -0.2) is 41.0 Å². The quantitative estimate of drug-likeness (QED) is 0.557. The maximum absolute atomic E-state index is 12.4. The molecular weight excluding hydrogens is 352 g/mol. The van der Waals surface area contributed by atoms with E-state index >= 15 is 0 Å². The van der Waals surface area contributed by atoms with Crippen molar-refractivity contribution in [2.24, 2.45) is 0 Å². The van der Waals surface area contributed by atoms with Crippen molar-refractivity contribution < 1.29 is 23.9 Å². The average Bonchev–Trinajstić information content (AvgIpc) is 2.94. The van der Waals surface area contributed by atoms with Crippen LogP contribution < -0.4 is 5.56 Å². The molecule has 0 spiro atoms. The molecule has 27 heavy (non-hydrogen) atoms. The summed E-state index contributed by atoms with van der Waals surface area (Å²) in [6.07, 6.45) is 2.28. The van der Waals surface area contributed by atoms with Crippen molar-refractivity contribution in [3.63, 3.8) is 0 Å². The van der Waals surface area contributed by atoms with Crippen molar-refractivity contribution >= 4 is 17.7 Å². The van der Waals surface area contributed by atoms with Gasteiger partial charge in [0.15, 0.2) is 6.61 Å². The second kappa shape index (κ2) is 8.98. The third-order valence-corrected chi connectivity index (χ3v) is 4.24. The molecule has 2 aromatic rings. The molecule has 2 heterocycles. The molecule has 0 fully saturated rings. The zero-order chi connectivity index (χ0) is 20.0. The molecule has 2 rings (SSSR count). The lowest BCUT2D eigenvalue weighted by molar-refractivity contribution is -0.140. The number of aryl methyl sites for hydroxylation is 1. The minimum absolute atomic E-state index is 0.154. The number of carbonyl (C=O) groups excluding carboxylic acids is 3. The highest BCUT2D eigenvalue weighted by Gasteiger charge is 2.19. The Bertz CT molecular complexity index is 909. The number of hydrogen-bond donors (Lipinski definition) is 1. The molecule has 0 aliphatic heterocycles. The number of ether oxygens (including phenoxy) is 2. The van der Waals surface area contributed by atoms with Crippen molar-refractivity contribution in [1.29, 1.82) is 0 Å². The largest absolute Gasteiger partial charge is 0.469 e. The molecule has 0 aromatic carbocycles. The number of Topliss-reactive ketones (excluding diaryl/α,β-unsaturated/α-hetero) is 1. The standard InChI is InChI=1S/C19H22N2O6/c1-12-10-15(13(2)21(12)9-5-7-17(23)26-3)16(22)11-27-19(25)14-6-4-8-20-18(14)24/h4,6,8,10H,5,7,9,11H2,1-3H3,(H,20,24). The Morgan fingerprint density at radius 1 is 1.19 bits per heavy atom. The molecule has 0 unspecified atom stereocenters. The molecule has 1 N–H and O–H groups in total. The van der Waals surface area contributed by atoms with Crippen molar-refractivity contribution in [2.75, 3.05) is 13.7 Å². The summed E-state index contributed by atoms with van der Waals surface area (Å²) in [6.45, 7) is 3.76. The molecule has 0 radical (unpaired) electrons. The van der Waals surface area contributed by atoms with E-state index in [-0.39, 0.29) is 17.3 Å². The number of hydrogen-bond acceptors (Lipinski definition) is 6. The predicted molar refractivity (Wildman–Crippen MR) is 96.8 cm³/mol. The van der Waals surface area contributed by atoms with E-state index < -0.39 is 18.1 Å². The Hall–Kier alpha value is -3.16. The van der Waals surface area contributed by atoms with E-state index in [9.17, 15) is 19.2 Å². The smallest absolute Gasteiger partial charge is 0.344 e. The summed E-state index contributed by atoms with van der Waals surface area (Å²) in [5, 5.41) is 0. The van der Waals surface area contributed by atoms with E-state index in [0.717, 1.165) is 11.4 Å². The van der Waals surface area contributed by atoms with Gasteiger partial charge in [-0.3, -0.25) is 14.4 Å². The Morgan fingerprint density at radius 2 is 1.93 bits per heavy atom. The third kappa shape index (κ3) is 4.93. The fourth-order valence-electron chi connectivity index (χ4n) is 2.78. The van der Waals surface area contributed by atoms with Crippen LogP contribution in [0.4, 0.5) is 0 Å². The van der Waals surface area contributed by atoms with Gasteiger partial charge in [-0.1, -0.05) is 0 Å². The molecule has 0 aliphatic rings. The number of pyridine rings is 1. The molecular formula is C19H22N2O6. The van der Waals surface area contributed by atoms with Crippen molar-refractivity contribution in [1.82, 2.24) is 9.55 Å². The molecule has 0 saturated carbocycles. The first-order valence-corrected chi connectivity index (χ1v) is 8.46. The lowest BCUT2D eigenvalue weighted by Gasteiger charge is -2.09. The van der Waals surface area contributed by atoms with Crippen molar-refractivity contribution in [3.05, 3.63) is 57.3 Å². The van der Waals surface area contributed by atoms with Gasteiger partial charge in [-0.2, -0.15) is 0 Å². The van der Waals surface area contributed by atoms with Crippen LogP contribution >= 0.6 is 0 Å². The SMILES string of the molecule is COC(=O)CCCn1c(C)cc(C(=O)COC(=O)c2ccc[nH]c2=O)c1C. The van der Waals surface area contributed by atoms with Gasteiger partial charge in [0.2, 0.25) is 5.78 Å². The zero-order valence-electron chi connectivity index (χ0n) is 15.5. The molecule has 0 amide bonds. The number of nitrogens with zero attached hydrogens (tertiary/aromatic N) is 1. The second-order valence-electron chi connectivity index (χ2n) is 6.03. The molecule has 0 aliphatic carbocycles. The van der Waals surface area contributed by atoms with Crippen LogP contribution in [0.2, 0.25) is 0 Å². The van der Waals surface area contributed by atoms with E-state index in [0.29, 0.717) is 24.9 Å². The van der Waals surface area contributed by atoms with Crippen molar-refractivity contribution in [3.8, 4) is 0 Å². The van der Waals surface area contributed by atoms with E-state index in [4.69, 9.17) is 4.74 Å². The molecule has 144 valence electrons. The van der Waals surface area contributed by atoms with E-state index in [1.54, 1.807) is 13.0 Å². The summed E-state index contributed by atoms with van der Waals surface area (Å²) in [5.41, 5.74) is 1.32. The van der Waals surface area contributed by atoms with Crippen LogP contribution in [-0.2, 0) is 20.8 Å². The van der Waals surface area contributed by atoms with Crippen LogP contribution in [0.1, 0.15) is 44.9 Å². The summed E-state index contributed by atoms with van der Waals surface area (Å²) in [7, 11) is 1.34. The van der Waals surface area contributed by atoms with Crippen LogP contribution in [0.15, 0.2) is 29.2 Å². The highest BCUT2D eigenvalue weighted by atomic mass is 16.5. The molecule has 0 saturated heterocycles. The predicted octanol–water partition coefficient (Wildman–Crippen LogP) is 1.79. The molecule has 0 bridgehead atoms. The molecule has 0 atom stereocenters. The number of ketones is 1. The number of rotatable bonds is 8. The summed E-state index contributed by atoms with van der Waals surface area (Å²) >= 11 is 0. The summed E-state index contributed by atoms with van der Waals surface area (Å²) in [5.74, 6) is -1.49. The Kier molecular flexibility index (Phi) is 6.70. The van der Waals surface area contributed by atoms with Crippen LogP contribution in [0, 0.1) is 13.8 Å². The maximum atomic E-state index is 12.4. The molecule has 2 aromatic heterocycles. The highest BCUT2D eigenvalue weighted by Crippen LogP contribution is 2.17. The first kappa shape index (κ1) is 20.2. The third-order valence-electron chi connectivity index (χ3n) is 4.24. The summed E-state index contributed by atoms with van der Waals surface area (Å²) < 4.78 is 11.5. The van der Waals surface area contributed by atoms with Gasteiger partial charge in [0.05, 0.1) is 7.11 Å². The number of aromatic nitrogens is 2. The summed E-state index contributed by atoms with van der Waals surface area (Å²) in [6, 6.07) is 4.56. The molecule has 8 nitrogen and oxygen atoms in total. The van der Waals surface area contributed by atoms with Crippen LogP contribution in [0.5, 0.6) is 0 Å². The van der Waals surface area contributed by atoms with E-state index in [1.165, 1.54) is 25.4 Å². The first-order valence-electron chi connectivity index (χ1n) is 8.46. The number of esters is 2. The number of H-pyrrole nitrogens is 1. The topological polar surface area (TPSA) is 107 Å².